The summed E-state index contributed by atoms with van der Waals surface area (Å²) in [6, 6.07) is 5.02. The van der Waals surface area contributed by atoms with Crippen LogP contribution in [0.15, 0.2) is 18.5 Å². The van der Waals surface area contributed by atoms with Gasteiger partial charge in [0.2, 0.25) is 11.5 Å². The average Bonchev–Trinajstić information content (AvgIpc) is 3.32. The molecule has 0 bridgehead atoms. The second-order valence-electron chi connectivity index (χ2n) is 7.25. The van der Waals surface area contributed by atoms with E-state index in [2.05, 4.69) is 15.4 Å². The molecule has 3 N–H and O–H groups in total. The van der Waals surface area contributed by atoms with E-state index >= 15 is 0 Å². The van der Waals surface area contributed by atoms with Crippen LogP contribution in [0, 0.1) is 11.3 Å². The number of aliphatic hydroxyl groups is 2. The van der Waals surface area contributed by atoms with Crippen LogP contribution in [0.25, 0.3) is 5.52 Å². The van der Waals surface area contributed by atoms with Crippen LogP contribution in [0.4, 0.5) is 5.82 Å². The summed E-state index contributed by atoms with van der Waals surface area (Å²) in [6.07, 6.45) is -0.905. The Balaban J connectivity index is 1.92. The zero-order chi connectivity index (χ0) is 22.6. The van der Waals surface area contributed by atoms with E-state index < -0.39 is 29.9 Å². The van der Waals surface area contributed by atoms with Crippen molar-refractivity contribution < 1.29 is 29.3 Å². The minimum Gasteiger partial charge on any atom is -0.463 e. The van der Waals surface area contributed by atoms with Crippen molar-refractivity contribution in [2.45, 2.75) is 63.4 Å². The molecular formula is C20H25N5O6. The number of nitriles is 1. The number of fused-ring (bicyclic) bond motifs is 1. The van der Waals surface area contributed by atoms with Crippen molar-refractivity contribution in [2.75, 3.05) is 11.9 Å². The summed E-state index contributed by atoms with van der Waals surface area (Å²) in [4.78, 5) is 27.6. The molecule has 166 valence electrons. The van der Waals surface area contributed by atoms with E-state index in [-0.39, 0.29) is 30.4 Å². The first-order chi connectivity index (χ1) is 14.9. The van der Waals surface area contributed by atoms with Crippen molar-refractivity contribution in [1.82, 2.24) is 14.6 Å². The largest absolute Gasteiger partial charge is 0.463 e. The smallest absolute Gasteiger partial charge is 0.305 e. The van der Waals surface area contributed by atoms with Gasteiger partial charge in [-0.3, -0.25) is 9.59 Å². The van der Waals surface area contributed by atoms with Gasteiger partial charge in [0.05, 0.1) is 5.69 Å². The number of nitrogens with zero attached hydrogens (tertiary/aromatic N) is 4. The Kier molecular flexibility index (Phi) is 6.84. The van der Waals surface area contributed by atoms with E-state index in [1.807, 2.05) is 13.0 Å². The molecule has 4 atom stereocenters. The Morgan fingerprint density at radius 2 is 2.16 bits per heavy atom. The SMILES string of the molecule is CCCCC(=O)Nc1ncnn2c(C3(C#N)O[C@H](COC(=O)CC)[C@@H](O)[C@H]3O)ccc12. The second kappa shape index (κ2) is 9.38. The predicted molar refractivity (Wildman–Crippen MR) is 107 cm³/mol. The Morgan fingerprint density at radius 3 is 2.84 bits per heavy atom. The molecule has 0 saturated carbocycles. The molecular weight excluding hydrogens is 406 g/mol. The summed E-state index contributed by atoms with van der Waals surface area (Å²) >= 11 is 0. The maximum Gasteiger partial charge on any atom is 0.305 e. The number of hydrogen-bond acceptors (Lipinski definition) is 9. The quantitative estimate of drug-likeness (QED) is 0.510. The molecule has 2 aromatic heterocycles. The molecule has 1 fully saturated rings. The highest BCUT2D eigenvalue weighted by Crippen LogP contribution is 2.40. The van der Waals surface area contributed by atoms with Crippen molar-refractivity contribution in [3.05, 3.63) is 24.2 Å². The summed E-state index contributed by atoms with van der Waals surface area (Å²) in [5, 5.41) is 37.9. The molecule has 0 spiro atoms. The number of aromatic nitrogens is 3. The van der Waals surface area contributed by atoms with Gasteiger partial charge < -0.3 is 25.0 Å². The summed E-state index contributed by atoms with van der Waals surface area (Å²) in [5.41, 5.74) is -1.43. The highest BCUT2D eigenvalue weighted by Gasteiger charge is 2.57. The van der Waals surface area contributed by atoms with Gasteiger partial charge in [-0.1, -0.05) is 20.3 Å². The maximum atomic E-state index is 12.1. The number of aliphatic hydroxyl groups excluding tert-OH is 2. The van der Waals surface area contributed by atoms with E-state index in [1.54, 1.807) is 13.0 Å². The summed E-state index contributed by atoms with van der Waals surface area (Å²) < 4.78 is 12.1. The molecule has 31 heavy (non-hydrogen) atoms. The molecule has 11 heteroatoms. The van der Waals surface area contributed by atoms with Gasteiger partial charge in [-0.15, -0.1) is 0 Å². The molecule has 0 aliphatic carbocycles. The third-order valence-electron chi connectivity index (χ3n) is 5.17. The van der Waals surface area contributed by atoms with Crippen LogP contribution in [-0.4, -0.2) is 61.6 Å². The normalized spacial score (nSPS) is 25.3. The van der Waals surface area contributed by atoms with Gasteiger partial charge in [-0.25, -0.2) is 9.50 Å². The lowest BCUT2D eigenvalue weighted by atomic mass is 9.92. The van der Waals surface area contributed by atoms with Crippen LogP contribution in [-0.2, 0) is 24.7 Å². The van der Waals surface area contributed by atoms with E-state index in [0.717, 1.165) is 12.8 Å². The zero-order valence-corrected chi connectivity index (χ0v) is 17.3. The Labute approximate surface area is 178 Å². The monoisotopic (exact) mass is 431 g/mol. The van der Waals surface area contributed by atoms with Crippen molar-refractivity contribution in [1.29, 1.82) is 5.26 Å². The first-order valence-electron chi connectivity index (χ1n) is 10.1. The van der Waals surface area contributed by atoms with Crippen LogP contribution in [0.5, 0.6) is 0 Å². The number of hydrogen-bond donors (Lipinski definition) is 3. The van der Waals surface area contributed by atoms with Gasteiger partial charge in [0.15, 0.2) is 5.82 Å². The average molecular weight is 431 g/mol. The molecule has 1 unspecified atom stereocenters. The third-order valence-corrected chi connectivity index (χ3v) is 5.17. The summed E-state index contributed by atoms with van der Waals surface area (Å²) in [5.74, 6) is -0.452. The van der Waals surface area contributed by atoms with Gasteiger partial charge in [-0.2, -0.15) is 10.4 Å². The number of esters is 1. The molecule has 11 nitrogen and oxygen atoms in total. The first kappa shape index (κ1) is 22.6. The van der Waals surface area contributed by atoms with E-state index in [9.17, 15) is 25.1 Å². The van der Waals surface area contributed by atoms with Crippen LogP contribution in [0.2, 0.25) is 0 Å². The molecule has 1 aliphatic heterocycles. The molecule has 3 rings (SSSR count). The minimum atomic E-state index is -1.97. The van der Waals surface area contributed by atoms with Crippen molar-refractivity contribution >= 4 is 23.2 Å². The fourth-order valence-corrected chi connectivity index (χ4v) is 3.44. The molecule has 1 amide bonds. The van der Waals surface area contributed by atoms with Crippen molar-refractivity contribution in [2.24, 2.45) is 0 Å². The van der Waals surface area contributed by atoms with Gasteiger partial charge in [0, 0.05) is 12.8 Å². The van der Waals surface area contributed by atoms with Crippen LogP contribution >= 0.6 is 0 Å². The lowest BCUT2D eigenvalue weighted by Gasteiger charge is -2.24. The Bertz CT molecular complexity index is 1000. The zero-order valence-electron chi connectivity index (χ0n) is 17.3. The summed E-state index contributed by atoms with van der Waals surface area (Å²) in [6.45, 7) is 3.29. The minimum absolute atomic E-state index is 0.141. The Morgan fingerprint density at radius 1 is 1.39 bits per heavy atom. The summed E-state index contributed by atoms with van der Waals surface area (Å²) in [7, 11) is 0. The lowest BCUT2D eigenvalue weighted by Crippen LogP contribution is -2.41. The van der Waals surface area contributed by atoms with Gasteiger partial charge >= 0.3 is 5.97 Å². The fraction of sp³-hybridized carbons (Fsp3) is 0.550. The van der Waals surface area contributed by atoms with E-state index in [0.29, 0.717) is 11.9 Å². The third kappa shape index (κ3) is 4.23. The number of carbonyl (C=O) groups excluding carboxylic acids is 2. The number of anilines is 1. The van der Waals surface area contributed by atoms with Crippen LogP contribution < -0.4 is 5.32 Å². The molecule has 1 aliphatic rings. The molecule has 0 radical (unpaired) electrons. The molecule has 3 heterocycles. The van der Waals surface area contributed by atoms with Gasteiger partial charge in [0.1, 0.15) is 42.8 Å². The maximum absolute atomic E-state index is 12.1. The number of carbonyl (C=O) groups is 2. The number of nitrogens with one attached hydrogen (secondary N) is 1. The van der Waals surface area contributed by atoms with Crippen molar-refractivity contribution in [3.8, 4) is 6.07 Å². The fourth-order valence-electron chi connectivity index (χ4n) is 3.44. The van der Waals surface area contributed by atoms with Crippen LogP contribution in [0.3, 0.4) is 0 Å². The van der Waals surface area contributed by atoms with Crippen molar-refractivity contribution in [3.63, 3.8) is 0 Å². The van der Waals surface area contributed by atoms with E-state index in [4.69, 9.17) is 9.47 Å². The molecule has 1 saturated heterocycles. The molecule has 2 aromatic rings. The van der Waals surface area contributed by atoms with Crippen LogP contribution in [0.1, 0.15) is 45.2 Å². The number of unbranched alkanes of at least 4 members (excludes halogenated alkanes) is 1. The standard InChI is InChI=1S/C20H25N5O6/c1-3-5-6-15(26)24-19-12-7-8-14(25(12)23-11-22-19)20(10-21)18(29)17(28)13(31-20)9-30-16(27)4-2/h7-8,11,13,17-18,28-29H,3-6,9H2,1-2H3,(H,22,23,24,26)/t13-,17-,18-,20?/m1/s1. The Hall–Kier alpha value is -3.07. The second-order valence-corrected chi connectivity index (χ2v) is 7.25. The predicted octanol–water partition coefficient (Wildman–Crippen LogP) is 0.651. The number of rotatable bonds is 8. The number of ether oxygens (including phenoxy) is 2. The number of amides is 1. The highest BCUT2D eigenvalue weighted by atomic mass is 16.6. The molecule has 0 aromatic carbocycles. The first-order valence-corrected chi connectivity index (χ1v) is 10.1. The topological polar surface area (TPSA) is 159 Å². The van der Waals surface area contributed by atoms with Gasteiger partial charge in [0.25, 0.3) is 0 Å². The van der Waals surface area contributed by atoms with E-state index in [1.165, 1.54) is 16.9 Å². The van der Waals surface area contributed by atoms with Gasteiger partial charge in [-0.05, 0) is 18.6 Å². The highest BCUT2D eigenvalue weighted by molar-refractivity contribution is 5.93. The lowest BCUT2D eigenvalue weighted by molar-refractivity contribution is -0.150.